The van der Waals surface area contributed by atoms with Gasteiger partial charge in [0.05, 0.1) is 24.0 Å². The quantitative estimate of drug-likeness (QED) is 0.468. The molecule has 0 radical (unpaired) electrons. The van der Waals surface area contributed by atoms with Crippen LogP contribution in [0.3, 0.4) is 0 Å². The van der Waals surface area contributed by atoms with Gasteiger partial charge < -0.3 is 10.2 Å². The van der Waals surface area contributed by atoms with Gasteiger partial charge in [-0.2, -0.15) is 9.59 Å². The van der Waals surface area contributed by atoms with Crippen molar-refractivity contribution in [1.82, 2.24) is 19.8 Å². The minimum absolute atomic E-state index is 0.0174. The molecule has 9 heteroatoms. The van der Waals surface area contributed by atoms with Crippen molar-refractivity contribution in [3.8, 4) is 0 Å². The Morgan fingerprint density at radius 1 is 1.03 bits per heavy atom. The number of nitrogens with one attached hydrogen (secondary N) is 1. The zero-order valence-electron chi connectivity index (χ0n) is 22.1. The Labute approximate surface area is 227 Å². The molecule has 0 spiro atoms. The number of likely N-dealkylation sites (N-methyl/N-ethyl adjacent to an activating group) is 1. The highest BCUT2D eigenvalue weighted by atomic mass is 16.2. The number of pyridine rings is 2. The number of ketones is 1. The molecule has 1 N–H and O–H groups in total. The van der Waals surface area contributed by atoms with Crippen LogP contribution < -0.4 is 5.32 Å². The van der Waals surface area contributed by atoms with Crippen LogP contribution >= 0.6 is 0 Å². The summed E-state index contributed by atoms with van der Waals surface area (Å²) in [5.74, 6) is -0.339. The summed E-state index contributed by atoms with van der Waals surface area (Å²) in [6.07, 6.45) is 4.99. The largest absolute Gasteiger partial charge is 0.373 e. The number of carbonyl (C=O) groups excluding carboxylic acids is 4. The van der Waals surface area contributed by atoms with Gasteiger partial charge in [0.1, 0.15) is 5.69 Å². The molecule has 2 aromatic heterocycles. The Hall–Kier alpha value is -4.30. The van der Waals surface area contributed by atoms with Crippen molar-refractivity contribution in [1.29, 1.82) is 0 Å². The normalized spacial score (nSPS) is 14.9. The van der Waals surface area contributed by atoms with Crippen molar-refractivity contribution in [3.05, 3.63) is 94.1 Å². The second kappa shape index (κ2) is 13.0. The molecule has 1 aromatic carbocycles. The van der Waals surface area contributed by atoms with E-state index in [1.807, 2.05) is 30.3 Å². The molecular formula is C30H31N5O4. The lowest BCUT2D eigenvalue weighted by Gasteiger charge is -2.32. The molecule has 200 valence electrons. The van der Waals surface area contributed by atoms with E-state index in [4.69, 9.17) is 9.59 Å². The average molecular weight is 526 g/mol. The van der Waals surface area contributed by atoms with Crippen LogP contribution in [0.25, 0.3) is 6.08 Å². The van der Waals surface area contributed by atoms with Crippen LogP contribution in [-0.2, 0) is 29.0 Å². The van der Waals surface area contributed by atoms with Gasteiger partial charge in [0.25, 0.3) is 5.91 Å². The summed E-state index contributed by atoms with van der Waals surface area (Å²) in [4.78, 5) is 55.6. The van der Waals surface area contributed by atoms with Crippen molar-refractivity contribution >= 4 is 29.6 Å². The maximum Gasteiger partial charge on any atom is 0.373 e. The number of rotatable bonds is 7. The van der Waals surface area contributed by atoms with Gasteiger partial charge in [-0.05, 0) is 43.3 Å². The first-order valence-corrected chi connectivity index (χ1v) is 12.8. The third-order valence-electron chi connectivity index (χ3n) is 6.77. The summed E-state index contributed by atoms with van der Waals surface area (Å²) in [5, 5.41) is 2.87. The molecule has 39 heavy (non-hydrogen) atoms. The number of aromatic nitrogens is 2. The van der Waals surface area contributed by atoms with Crippen LogP contribution in [0.2, 0.25) is 0 Å². The van der Waals surface area contributed by atoms with Crippen LogP contribution in [-0.4, -0.2) is 70.8 Å². The molecule has 3 aromatic rings. The van der Waals surface area contributed by atoms with E-state index in [-0.39, 0.29) is 30.0 Å². The van der Waals surface area contributed by atoms with Gasteiger partial charge in [0.2, 0.25) is 0 Å². The number of allylic oxidation sites excluding steroid dienone is 1. The molecule has 1 aliphatic carbocycles. The Balaban J connectivity index is 0.00000112. The van der Waals surface area contributed by atoms with Crippen LogP contribution in [0.5, 0.6) is 0 Å². The molecule has 9 nitrogen and oxygen atoms in total. The van der Waals surface area contributed by atoms with E-state index in [0.29, 0.717) is 16.9 Å². The minimum Gasteiger partial charge on any atom is -0.319 e. The van der Waals surface area contributed by atoms with Gasteiger partial charge in [-0.25, -0.2) is 4.98 Å². The van der Waals surface area contributed by atoms with Crippen LogP contribution in [0, 0.1) is 0 Å². The second-order valence-corrected chi connectivity index (χ2v) is 9.86. The summed E-state index contributed by atoms with van der Waals surface area (Å²) in [5.41, 5.74) is 6.65. The molecule has 0 bridgehead atoms. The average Bonchev–Trinajstić information content (AvgIpc) is 3.30. The third kappa shape index (κ3) is 7.61. The monoisotopic (exact) mass is 525 g/mol. The van der Waals surface area contributed by atoms with E-state index < -0.39 is 0 Å². The highest BCUT2D eigenvalue weighted by Gasteiger charge is 2.16. The zero-order valence-corrected chi connectivity index (χ0v) is 22.1. The molecule has 3 heterocycles. The Morgan fingerprint density at radius 3 is 2.46 bits per heavy atom. The third-order valence-corrected chi connectivity index (χ3v) is 6.77. The number of amides is 1. The summed E-state index contributed by atoms with van der Waals surface area (Å²) in [7, 11) is 2.15. The van der Waals surface area contributed by atoms with Crippen molar-refractivity contribution in [2.45, 2.75) is 26.3 Å². The standard InChI is InChI=1S/C29H31N5O2.CO2/c1-20-14-23-16-25(18-30-27(23)15-20)32-29(36)26-5-3-4-24(31-26)17-28(35)22-8-6-21(7-9-22)19-34-12-10-33(2)11-13-34;2-1-3/h3-9,14,16,18H,10-13,15,17,19H2,1-2H3,(H,32,36);. The molecule has 0 atom stereocenters. The fourth-order valence-corrected chi connectivity index (χ4v) is 4.66. The number of piperazine rings is 1. The number of fused-ring (bicyclic) bond motifs is 1. The predicted molar refractivity (Wildman–Crippen MR) is 146 cm³/mol. The fraction of sp³-hybridized carbons (Fsp3) is 0.300. The predicted octanol–water partition coefficient (Wildman–Crippen LogP) is 3.28. The Bertz CT molecular complexity index is 1400. The number of hydrogen-bond acceptors (Lipinski definition) is 8. The van der Waals surface area contributed by atoms with Crippen LogP contribution in [0.1, 0.15) is 50.3 Å². The molecule has 1 amide bonds. The van der Waals surface area contributed by atoms with Crippen molar-refractivity contribution in [3.63, 3.8) is 0 Å². The van der Waals surface area contributed by atoms with Gasteiger partial charge in [0.15, 0.2) is 5.78 Å². The molecule has 1 saturated heterocycles. The van der Waals surface area contributed by atoms with Crippen molar-refractivity contribution < 1.29 is 19.2 Å². The zero-order chi connectivity index (χ0) is 27.8. The van der Waals surface area contributed by atoms with E-state index in [1.54, 1.807) is 24.4 Å². The van der Waals surface area contributed by atoms with E-state index >= 15 is 0 Å². The fourth-order valence-electron chi connectivity index (χ4n) is 4.66. The topological polar surface area (TPSA) is 113 Å². The summed E-state index contributed by atoms with van der Waals surface area (Å²) in [6.45, 7) is 7.26. The van der Waals surface area contributed by atoms with Crippen LogP contribution in [0.15, 0.2) is 60.3 Å². The van der Waals surface area contributed by atoms with E-state index in [1.165, 1.54) is 11.1 Å². The maximum absolute atomic E-state index is 12.9. The first-order valence-electron chi connectivity index (χ1n) is 12.8. The van der Waals surface area contributed by atoms with E-state index in [0.717, 1.165) is 50.4 Å². The molecule has 2 aliphatic rings. The Kier molecular flexibility index (Phi) is 9.22. The molecule has 5 rings (SSSR count). The van der Waals surface area contributed by atoms with E-state index in [2.05, 4.69) is 45.1 Å². The lowest BCUT2D eigenvalue weighted by atomic mass is 10.0. The smallest absolute Gasteiger partial charge is 0.319 e. The highest BCUT2D eigenvalue weighted by Crippen LogP contribution is 2.25. The highest BCUT2D eigenvalue weighted by molar-refractivity contribution is 6.03. The first kappa shape index (κ1) is 27.7. The van der Waals surface area contributed by atoms with Gasteiger partial charge in [-0.3, -0.25) is 19.5 Å². The van der Waals surface area contributed by atoms with Gasteiger partial charge >= 0.3 is 6.15 Å². The summed E-state index contributed by atoms with van der Waals surface area (Å²) in [6, 6.07) is 15.0. The maximum atomic E-state index is 12.9. The molecular weight excluding hydrogens is 494 g/mol. The van der Waals surface area contributed by atoms with Gasteiger partial charge in [-0.1, -0.05) is 42.0 Å². The molecule has 1 fully saturated rings. The number of anilines is 1. The number of hydrogen-bond donors (Lipinski definition) is 1. The van der Waals surface area contributed by atoms with E-state index in [9.17, 15) is 9.59 Å². The minimum atomic E-state index is -0.321. The number of carbonyl (C=O) groups is 2. The SMILES string of the molecule is CC1=Cc2cc(NC(=O)c3cccc(CC(=O)c4ccc(CN5CCN(C)CC5)cc4)n3)cnc2C1.O=C=O. The van der Waals surface area contributed by atoms with Crippen LogP contribution in [0.4, 0.5) is 5.69 Å². The number of benzene rings is 1. The summed E-state index contributed by atoms with van der Waals surface area (Å²) < 4.78 is 0. The number of nitrogens with zero attached hydrogens (tertiary/aromatic N) is 4. The van der Waals surface area contributed by atoms with Gasteiger partial charge in [0, 0.05) is 50.4 Å². The second-order valence-electron chi connectivity index (χ2n) is 9.86. The Morgan fingerprint density at radius 2 is 1.74 bits per heavy atom. The van der Waals surface area contributed by atoms with Crippen molar-refractivity contribution in [2.24, 2.45) is 0 Å². The molecule has 0 saturated carbocycles. The molecule has 0 unspecified atom stereocenters. The first-order chi connectivity index (χ1) is 18.8. The number of Topliss-reactive ketones (excluding diaryl/α,β-unsaturated/α-hetero) is 1. The van der Waals surface area contributed by atoms with Crippen molar-refractivity contribution in [2.75, 3.05) is 38.5 Å². The molecule has 1 aliphatic heterocycles. The summed E-state index contributed by atoms with van der Waals surface area (Å²) >= 11 is 0. The lowest BCUT2D eigenvalue weighted by Crippen LogP contribution is -2.43. The lowest BCUT2D eigenvalue weighted by molar-refractivity contribution is -0.191. The van der Waals surface area contributed by atoms with Gasteiger partial charge in [-0.15, -0.1) is 0 Å².